The minimum Gasteiger partial charge on any atom is -0.493 e. The largest absolute Gasteiger partial charge is 0.493 e. The Bertz CT molecular complexity index is 1210. The van der Waals surface area contributed by atoms with Gasteiger partial charge >= 0.3 is 10.1 Å². The van der Waals surface area contributed by atoms with Gasteiger partial charge in [0.2, 0.25) is 5.75 Å². The molecule has 3 aromatic carbocycles. The molecule has 0 fully saturated rings. The van der Waals surface area contributed by atoms with Gasteiger partial charge in [-0.1, -0.05) is 35.3 Å². The molecule has 0 saturated carbocycles. The molecule has 0 atom stereocenters. The zero-order valence-electron chi connectivity index (χ0n) is 16.5. The lowest BCUT2D eigenvalue weighted by molar-refractivity contribution is 0.390. The fourth-order valence-electron chi connectivity index (χ4n) is 2.67. The highest BCUT2D eigenvalue weighted by Gasteiger charge is 2.22. The van der Waals surface area contributed by atoms with Crippen LogP contribution in [0.5, 0.6) is 11.5 Å². The number of benzene rings is 3. The molecule has 156 valence electrons. The topological polar surface area (TPSA) is 65.0 Å². The summed E-state index contributed by atoms with van der Waals surface area (Å²) in [7, 11) is -2.72. The molecular weight excluding hydrogens is 445 g/mol. The Labute approximate surface area is 186 Å². The number of hydrogen-bond acceptors (Lipinski definition) is 5. The zero-order valence-corrected chi connectivity index (χ0v) is 18.8. The fraction of sp³-hybridized carbons (Fsp3) is 0.136. The van der Waals surface area contributed by atoms with E-state index in [2.05, 4.69) is 4.99 Å². The molecular formula is C22H19Cl2NO4S. The summed E-state index contributed by atoms with van der Waals surface area (Å²) in [4.78, 5) is 4.45. The maximum atomic E-state index is 12.6. The van der Waals surface area contributed by atoms with Crippen LogP contribution in [0.3, 0.4) is 0 Å². The van der Waals surface area contributed by atoms with E-state index in [1.54, 1.807) is 18.3 Å². The van der Waals surface area contributed by atoms with Crippen molar-refractivity contribution in [2.45, 2.75) is 18.7 Å². The maximum absolute atomic E-state index is 12.6. The molecule has 0 N–H and O–H groups in total. The number of nitrogens with zero attached hydrogens (tertiary/aromatic N) is 1. The number of hydrogen-bond donors (Lipinski definition) is 0. The van der Waals surface area contributed by atoms with Crippen LogP contribution in [-0.4, -0.2) is 21.7 Å². The molecule has 3 aromatic rings. The quantitative estimate of drug-likeness (QED) is 0.325. The van der Waals surface area contributed by atoms with Gasteiger partial charge in [0.05, 0.1) is 17.8 Å². The van der Waals surface area contributed by atoms with Gasteiger partial charge in [0.1, 0.15) is 4.90 Å². The summed E-state index contributed by atoms with van der Waals surface area (Å²) < 4.78 is 35.8. The molecule has 5 nitrogen and oxygen atoms in total. The van der Waals surface area contributed by atoms with Crippen LogP contribution in [0.25, 0.3) is 0 Å². The molecule has 30 heavy (non-hydrogen) atoms. The van der Waals surface area contributed by atoms with Gasteiger partial charge in [-0.2, -0.15) is 8.42 Å². The highest BCUT2D eigenvalue weighted by atomic mass is 35.5. The third-order valence-corrected chi connectivity index (χ3v) is 6.24. The molecule has 0 bridgehead atoms. The number of methoxy groups -OCH3 is 1. The predicted octanol–water partition coefficient (Wildman–Crippen LogP) is 6.14. The van der Waals surface area contributed by atoms with Gasteiger partial charge in [-0.15, -0.1) is 0 Å². The summed E-state index contributed by atoms with van der Waals surface area (Å²) >= 11 is 12.1. The van der Waals surface area contributed by atoms with E-state index >= 15 is 0 Å². The first-order valence-electron chi connectivity index (χ1n) is 8.89. The molecule has 0 spiro atoms. The Kier molecular flexibility index (Phi) is 6.71. The number of ether oxygens (including phenoxy) is 1. The van der Waals surface area contributed by atoms with Crippen molar-refractivity contribution in [1.29, 1.82) is 0 Å². The van der Waals surface area contributed by atoms with Crippen LogP contribution < -0.4 is 8.92 Å². The van der Waals surface area contributed by atoms with Crippen LogP contribution in [0.1, 0.15) is 16.7 Å². The van der Waals surface area contributed by atoms with E-state index in [1.807, 2.05) is 32.0 Å². The summed E-state index contributed by atoms with van der Waals surface area (Å²) in [6.45, 7) is 4.01. The lowest BCUT2D eigenvalue weighted by Gasteiger charge is -2.13. The van der Waals surface area contributed by atoms with Crippen molar-refractivity contribution in [3.8, 4) is 11.5 Å². The van der Waals surface area contributed by atoms with E-state index in [4.69, 9.17) is 32.1 Å². The van der Waals surface area contributed by atoms with Gasteiger partial charge in [-0.3, -0.25) is 4.99 Å². The van der Waals surface area contributed by atoms with Crippen molar-refractivity contribution in [3.05, 3.63) is 81.3 Å². The Hall–Kier alpha value is -2.54. The van der Waals surface area contributed by atoms with Gasteiger partial charge in [-0.25, -0.2) is 0 Å². The van der Waals surface area contributed by atoms with Crippen LogP contribution in [0.15, 0.2) is 64.5 Å². The summed E-state index contributed by atoms with van der Waals surface area (Å²) in [5.74, 6) is 0.0699. The average molecular weight is 464 g/mol. The minimum absolute atomic E-state index is 0.0504. The molecule has 0 saturated heterocycles. The van der Waals surface area contributed by atoms with Crippen molar-refractivity contribution in [1.82, 2.24) is 0 Å². The molecule has 0 heterocycles. The summed E-state index contributed by atoms with van der Waals surface area (Å²) in [5.41, 5.74) is 3.67. The second-order valence-corrected chi connectivity index (χ2v) is 8.89. The van der Waals surface area contributed by atoms with E-state index in [0.29, 0.717) is 10.6 Å². The Morgan fingerprint density at radius 2 is 1.70 bits per heavy atom. The minimum atomic E-state index is -4.12. The molecule has 0 aromatic heterocycles. The first-order valence-corrected chi connectivity index (χ1v) is 11.1. The molecule has 8 heteroatoms. The fourth-order valence-corrected chi connectivity index (χ4v) is 4.06. The van der Waals surface area contributed by atoms with Crippen LogP contribution >= 0.6 is 23.2 Å². The average Bonchev–Trinajstić information content (AvgIpc) is 2.71. The van der Waals surface area contributed by atoms with Gasteiger partial charge in [0.15, 0.2) is 5.75 Å². The van der Waals surface area contributed by atoms with Crippen LogP contribution in [0.2, 0.25) is 10.0 Å². The van der Waals surface area contributed by atoms with E-state index in [9.17, 15) is 8.42 Å². The Morgan fingerprint density at radius 3 is 2.37 bits per heavy atom. The normalized spacial score (nSPS) is 11.6. The van der Waals surface area contributed by atoms with Gasteiger partial charge in [-0.05, 0) is 73.0 Å². The van der Waals surface area contributed by atoms with Crippen LogP contribution in [0, 0.1) is 13.8 Å². The first kappa shape index (κ1) is 22.2. The Balaban J connectivity index is 1.93. The van der Waals surface area contributed by atoms with Crippen molar-refractivity contribution >= 4 is 45.2 Å². The smallest absolute Gasteiger partial charge is 0.339 e. The highest BCUT2D eigenvalue weighted by Crippen LogP contribution is 2.38. The third-order valence-electron chi connectivity index (χ3n) is 4.48. The highest BCUT2D eigenvalue weighted by molar-refractivity contribution is 7.87. The number of rotatable bonds is 6. The van der Waals surface area contributed by atoms with E-state index in [1.165, 1.54) is 31.4 Å². The maximum Gasteiger partial charge on any atom is 0.339 e. The van der Waals surface area contributed by atoms with Gasteiger partial charge < -0.3 is 8.92 Å². The van der Waals surface area contributed by atoms with Crippen molar-refractivity contribution in [2.75, 3.05) is 7.11 Å². The van der Waals surface area contributed by atoms with Crippen LogP contribution in [-0.2, 0) is 10.1 Å². The molecule has 0 amide bonds. The molecule has 0 unspecified atom stereocenters. The molecule has 0 aliphatic heterocycles. The monoisotopic (exact) mass is 463 g/mol. The second kappa shape index (κ2) is 9.08. The number of aliphatic imine (C=N–C) groups is 1. The molecule has 0 radical (unpaired) electrons. The van der Waals surface area contributed by atoms with E-state index < -0.39 is 10.1 Å². The third kappa shape index (κ3) is 4.95. The SMILES string of the molecule is COc1cc(C=Nc2cccc(C)c2C)cc(Cl)c1OS(=O)(=O)c1ccc(Cl)cc1. The van der Waals surface area contributed by atoms with Crippen LogP contribution in [0.4, 0.5) is 5.69 Å². The number of halogens is 2. The molecule has 0 aliphatic carbocycles. The first-order chi connectivity index (χ1) is 14.2. The lowest BCUT2D eigenvalue weighted by atomic mass is 10.1. The summed E-state index contributed by atoms with van der Waals surface area (Å²) in [5, 5.41) is 0.492. The van der Waals surface area contributed by atoms with Gasteiger partial charge in [0.25, 0.3) is 0 Å². The van der Waals surface area contributed by atoms with Gasteiger partial charge in [0, 0.05) is 11.2 Å². The lowest BCUT2D eigenvalue weighted by Crippen LogP contribution is -2.11. The predicted molar refractivity (Wildman–Crippen MR) is 120 cm³/mol. The van der Waals surface area contributed by atoms with Crippen molar-refractivity contribution in [2.24, 2.45) is 4.99 Å². The van der Waals surface area contributed by atoms with E-state index in [0.717, 1.165) is 16.8 Å². The second-order valence-electron chi connectivity index (χ2n) is 6.50. The Morgan fingerprint density at radius 1 is 1.00 bits per heavy atom. The van der Waals surface area contributed by atoms with Crippen molar-refractivity contribution < 1.29 is 17.3 Å². The molecule has 3 rings (SSSR count). The zero-order chi connectivity index (χ0) is 21.9. The molecule has 0 aliphatic rings. The van der Waals surface area contributed by atoms with E-state index in [-0.39, 0.29) is 21.4 Å². The van der Waals surface area contributed by atoms with Crippen molar-refractivity contribution in [3.63, 3.8) is 0 Å². The number of aryl methyl sites for hydroxylation is 1. The summed E-state index contributed by atoms with van der Waals surface area (Å²) in [6, 6.07) is 14.6. The standard InChI is InChI=1S/C22H19Cl2NO4S/c1-14-5-4-6-20(15(14)2)25-13-16-11-19(24)22(21(12-16)28-3)29-30(26,27)18-9-7-17(23)8-10-18/h4-13H,1-3H3. The summed E-state index contributed by atoms with van der Waals surface area (Å²) in [6.07, 6.45) is 1.63.